The summed E-state index contributed by atoms with van der Waals surface area (Å²) in [6.45, 7) is 17.5. The SMILES string of the molecule is C=C[C@H](OCOC)[C@H](C/C=C\[C@@H](O)CC(=C)C[C@H](C)C[C@@H]1CC=C[C@@H](C/C=C\C(=O)OC)O1)O[Si](c1ccccc1)(c1ccccc1)C(C)(C)C. The van der Waals surface area contributed by atoms with E-state index in [9.17, 15) is 9.90 Å². The van der Waals surface area contributed by atoms with Crippen molar-refractivity contribution in [1.29, 1.82) is 0 Å². The summed E-state index contributed by atoms with van der Waals surface area (Å²) in [5.41, 5.74) is 0.996. The molecule has 278 valence electrons. The Morgan fingerprint density at radius 2 is 1.69 bits per heavy atom. The molecule has 0 amide bonds. The van der Waals surface area contributed by atoms with Crippen molar-refractivity contribution in [3.8, 4) is 0 Å². The summed E-state index contributed by atoms with van der Waals surface area (Å²) in [6.07, 6.45) is 15.7. The summed E-state index contributed by atoms with van der Waals surface area (Å²) in [5, 5.41) is 13.2. The molecule has 0 fully saturated rings. The number of aliphatic hydroxyl groups is 1. The van der Waals surface area contributed by atoms with E-state index in [0.717, 1.165) is 24.8 Å². The third-order valence-electron chi connectivity index (χ3n) is 9.19. The van der Waals surface area contributed by atoms with Gasteiger partial charge in [0, 0.05) is 13.2 Å². The first-order chi connectivity index (χ1) is 24.4. The molecular weight excluding hydrogens is 657 g/mol. The molecular formula is C43H60O7Si. The maximum absolute atomic E-state index is 11.4. The normalized spacial score (nSPS) is 19.1. The van der Waals surface area contributed by atoms with Gasteiger partial charge in [0.25, 0.3) is 8.32 Å². The van der Waals surface area contributed by atoms with Gasteiger partial charge in [-0.05, 0) is 59.9 Å². The molecule has 1 heterocycles. The molecule has 51 heavy (non-hydrogen) atoms. The Morgan fingerprint density at radius 3 is 2.25 bits per heavy atom. The molecule has 2 aromatic carbocycles. The van der Waals surface area contributed by atoms with Crippen LogP contribution in [0.25, 0.3) is 0 Å². The molecule has 1 aliphatic heterocycles. The minimum Gasteiger partial charge on any atom is -0.466 e. The van der Waals surface area contributed by atoms with E-state index < -0.39 is 20.5 Å². The summed E-state index contributed by atoms with van der Waals surface area (Å²) in [5.74, 6) is -0.0250. The van der Waals surface area contributed by atoms with Crippen LogP contribution in [-0.4, -0.2) is 70.9 Å². The minimum atomic E-state index is -2.90. The van der Waals surface area contributed by atoms with Crippen molar-refractivity contribution in [2.45, 2.75) is 102 Å². The summed E-state index contributed by atoms with van der Waals surface area (Å²) < 4.78 is 29.8. The van der Waals surface area contributed by atoms with Crippen LogP contribution in [0.1, 0.15) is 66.2 Å². The van der Waals surface area contributed by atoms with Gasteiger partial charge in [-0.1, -0.05) is 137 Å². The molecule has 3 rings (SSSR count). The quantitative estimate of drug-likeness (QED) is 0.0468. The van der Waals surface area contributed by atoms with Crippen molar-refractivity contribution in [1.82, 2.24) is 0 Å². The van der Waals surface area contributed by atoms with Crippen molar-refractivity contribution in [2.75, 3.05) is 21.0 Å². The van der Waals surface area contributed by atoms with Crippen LogP contribution in [0.3, 0.4) is 0 Å². The molecule has 0 radical (unpaired) electrons. The highest BCUT2D eigenvalue weighted by atomic mass is 28.4. The van der Waals surface area contributed by atoms with Crippen LogP contribution in [0.2, 0.25) is 5.04 Å². The fourth-order valence-electron chi connectivity index (χ4n) is 6.87. The second-order valence-electron chi connectivity index (χ2n) is 14.4. The van der Waals surface area contributed by atoms with Crippen LogP contribution in [0.4, 0.5) is 0 Å². The lowest BCUT2D eigenvalue weighted by Gasteiger charge is -2.46. The van der Waals surface area contributed by atoms with Crippen molar-refractivity contribution in [2.24, 2.45) is 5.92 Å². The first-order valence-corrected chi connectivity index (χ1v) is 19.9. The first kappa shape index (κ1) is 42.0. The zero-order valence-electron chi connectivity index (χ0n) is 31.5. The molecule has 0 aliphatic carbocycles. The smallest absolute Gasteiger partial charge is 0.330 e. The summed E-state index contributed by atoms with van der Waals surface area (Å²) in [4.78, 5) is 11.4. The van der Waals surface area contributed by atoms with Gasteiger partial charge in [-0.2, -0.15) is 0 Å². The molecule has 0 saturated carbocycles. The van der Waals surface area contributed by atoms with Crippen LogP contribution in [0.15, 0.2) is 122 Å². The molecule has 8 heteroatoms. The maximum atomic E-state index is 11.4. The monoisotopic (exact) mass is 716 g/mol. The third kappa shape index (κ3) is 13.0. The number of hydrogen-bond donors (Lipinski definition) is 1. The fourth-order valence-corrected chi connectivity index (χ4v) is 11.6. The Labute approximate surface area is 307 Å². The van der Waals surface area contributed by atoms with Crippen molar-refractivity contribution >= 4 is 24.7 Å². The molecule has 0 unspecified atom stereocenters. The average molecular weight is 717 g/mol. The third-order valence-corrected chi connectivity index (χ3v) is 14.3. The van der Waals surface area contributed by atoms with E-state index >= 15 is 0 Å². The number of methoxy groups -OCH3 is 2. The van der Waals surface area contributed by atoms with Gasteiger partial charge in [0.15, 0.2) is 0 Å². The van der Waals surface area contributed by atoms with E-state index in [1.807, 2.05) is 24.3 Å². The van der Waals surface area contributed by atoms with Gasteiger partial charge in [-0.3, -0.25) is 0 Å². The lowest BCUT2D eigenvalue weighted by atomic mass is 9.91. The van der Waals surface area contributed by atoms with E-state index in [2.05, 4.69) is 106 Å². The van der Waals surface area contributed by atoms with Crippen LogP contribution >= 0.6 is 0 Å². The summed E-state index contributed by atoms with van der Waals surface area (Å²) in [7, 11) is 0.0661. The topological polar surface area (TPSA) is 83.5 Å². The molecule has 1 N–H and O–H groups in total. The Morgan fingerprint density at radius 1 is 1.04 bits per heavy atom. The zero-order valence-corrected chi connectivity index (χ0v) is 32.5. The second kappa shape index (κ2) is 21.2. The van der Waals surface area contributed by atoms with E-state index in [4.69, 9.17) is 18.6 Å². The molecule has 0 saturated heterocycles. The van der Waals surface area contributed by atoms with E-state index in [1.165, 1.54) is 23.6 Å². The van der Waals surface area contributed by atoms with Gasteiger partial charge in [0.05, 0.1) is 31.5 Å². The Hall–Kier alpha value is -3.37. The number of carbonyl (C=O) groups is 1. The van der Waals surface area contributed by atoms with Gasteiger partial charge >= 0.3 is 5.97 Å². The van der Waals surface area contributed by atoms with Gasteiger partial charge in [0.2, 0.25) is 0 Å². The Bertz CT molecular complexity index is 1390. The number of hydrogen-bond acceptors (Lipinski definition) is 7. The number of esters is 1. The fraction of sp³-hybridized carbons (Fsp3) is 0.465. The highest BCUT2D eigenvalue weighted by Crippen LogP contribution is 2.38. The summed E-state index contributed by atoms with van der Waals surface area (Å²) >= 11 is 0. The molecule has 1 aliphatic rings. The lowest BCUT2D eigenvalue weighted by Crippen LogP contribution is -2.68. The molecule has 0 aromatic heterocycles. The predicted molar refractivity (Wildman–Crippen MR) is 210 cm³/mol. The average Bonchev–Trinajstić information content (AvgIpc) is 3.10. The number of carbonyl (C=O) groups excluding carboxylic acids is 1. The van der Waals surface area contributed by atoms with Crippen LogP contribution in [0.5, 0.6) is 0 Å². The van der Waals surface area contributed by atoms with E-state index in [-0.39, 0.29) is 36.1 Å². The number of benzene rings is 2. The first-order valence-electron chi connectivity index (χ1n) is 18.0. The Balaban J connectivity index is 1.69. The van der Waals surface area contributed by atoms with E-state index in [0.29, 0.717) is 25.2 Å². The van der Waals surface area contributed by atoms with Crippen LogP contribution in [-0.2, 0) is 28.2 Å². The van der Waals surface area contributed by atoms with Gasteiger partial charge in [-0.25, -0.2) is 4.79 Å². The largest absolute Gasteiger partial charge is 0.466 e. The molecule has 0 bridgehead atoms. The highest BCUT2D eigenvalue weighted by molar-refractivity contribution is 6.99. The maximum Gasteiger partial charge on any atom is 0.330 e. The molecule has 7 nitrogen and oxygen atoms in total. The van der Waals surface area contributed by atoms with Crippen LogP contribution < -0.4 is 10.4 Å². The van der Waals surface area contributed by atoms with Gasteiger partial charge in [-0.15, -0.1) is 6.58 Å². The van der Waals surface area contributed by atoms with Crippen LogP contribution in [0, 0.1) is 5.92 Å². The zero-order chi connectivity index (χ0) is 37.3. The predicted octanol–water partition coefficient (Wildman–Crippen LogP) is 7.61. The standard InChI is InChI=1S/C43H60O7Si/c1-9-40(48-32-46-7)41(50-51(43(4,5)6,38-23-12-10-13-24-38)39-25-14-11-15-26-39)27-16-19-35(44)30-33(2)29-34(3)31-37-22-17-20-36(49-37)21-18-28-42(45)47-8/h9-20,23-26,28,34-37,40-41,44H,1-2,21-22,27,29-32H2,3-8H3/b19-16-,28-18-/t34-,35+,36-,37-,40-,41-/m0/s1. The lowest BCUT2D eigenvalue weighted by molar-refractivity contribution is -0.134. The highest BCUT2D eigenvalue weighted by Gasteiger charge is 2.52. The number of ether oxygens (including phenoxy) is 4. The van der Waals surface area contributed by atoms with Gasteiger partial charge in [0.1, 0.15) is 12.9 Å². The number of rotatable bonds is 21. The molecule has 6 atom stereocenters. The van der Waals surface area contributed by atoms with Gasteiger partial charge < -0.3 is 28.5 Å². The minimum absolute atomic E-state index is 0.0583. The van der Waals surface area contributed by atoms with E-state index in [1.54, 1.807) is 19.3 Å². The summed E-state index contributed by atoms with van der Waals surface area (Å²) in [6, 6.07) is 21.1. The van der Waals surface area contributed by atoms with Crippen molar-refractivity contribution < 1.29 is 33.3 Å². The number of aliphatic hydroxyl groups excluding tert-OH is 1. The molecule has 0 spiro atoms. The van der Waals surface area contributed by atoms with Crippen molar-refractivity contribution in [3.05, 3.63) is 122 Å². The second-order valence-corrected chi connectivity index (χ2v) is 18.7. The molecule has 2 aromatic rings. The van der Waals surface area contributed by atoms with Crippen molar-refractivity contribution in [3.63, 3.8) is 0 Å². The Kier molecular flexibility index (Phi) is 17.5.